The number of aromatic amines is 1. The minimum atomic E-state index is -0.502. The van der Waals surface area contributed by atoms with Crippen LogP contribution in [0.3, 0.4) is 0 Å². The topological polar surface area (TPSA) is 81.6 Å². The average molecular weight is 178 g/mol. The van der Waals surface area contributed by atoms with Gasteiger partial charge in [-0.25, -0.2) is 4.79 Å². The van der Waals surface area contributed by atoms with Gasteiger partial charge in [0.25, 0.3) is 0 Å². The van der Waals surface area contributed by atoms with E-state index in [2.05, 4.69) is 15.3 Å². The zero-order valence-corrected chi connectivity index (χ0v) is 7.29. The van der Waals surface area contributed by atoms with Crippen LogP contribution in [0.2, 0.25) is 0 Å². The monoisotopic (exact) mass is 178 g/mol. The number of nitrogens with zero attached hydrogens (tertiary/aromatic N) is 2. The molecule has 68 valence electrons. The van der Waals surface area contributed by atoms with Crippen molar-refractivity contribution in [1.29, 1.82) is 5.26 Å². The number of anilines is 1. The van der Waals surface area contributed by atoms with Crippen molar-refractivity contribution in [3.63, 3.8) is 0 Å². The number of hydrogen-bond donors (Lipinski definition) is 2. The summed E-state index contributed by atoms with van der Waals surface area (Å²) in [5, 5.41) is 11.5. The maximum Gasteiger partial charge on any atom is 0.347 e. The fourth-order valence-corrected chi connectivity index (χ4v) is 0.861. The van der Waals surface area contributed by atoms with Crippen molar-refractivity contribution in [2.75, 3.05) is 11.9 Å². The van der Waals surface area contributed by atoms with Gasteiger partial charge in [-0.05, 0) is 6.42 Å². The van der Waals surface area contributed by atoms with Gasteiger partial charge in [0.1, 0.15) is 17.6 Å². The molecule has 0 radical (unpaired) electrons. The lowest BCUT2D eigenvalue weighted by Crippen LogP contribution is -2.15. The van der Waals surface area contributed by atoms with Crippen LogP contribution in [0.4, 0.5) is 5.82 Å². The molecule has 2 N–H and O–H groups in total. The molecular weight excluding hydrogens is 168 g/mol. The van der Waals surface area contributed by atoms with Crippen molar-refractivity contribution in [1.82, 2.24) is 9.97 Å². The number of nitrogens with one attached hydrogen (secondary N) is 2. The standard InChI is InChI=1S/C8H10N4O/c1-2-3-10-7-4-6(5-9)11-8(13)12-7/h4H,2-3H2,1H3,(H2,10,11,12,13). The fraction of sp³-hybridized carbons (Fsp3) is 0.375. The van der Waals surface area contributed by atoms with Crippen molar-refractivity contribution >= 4 is 5.82 Å². The lowest BCUT2D eigenvalue weighted by Gasteiger charge is -2.01. The maximum atomic E-state index is 10.9. The maximum absolute atomic E-state index is 10.9. The molecular formula is C8H10N4O. The molecule has 1 heterocycles. The molecule has 0 aliphatic carbocycles. The third-order valence-corrected chi connectivity index (χ3v) is 1.42. The predicted octanol–water partition coefficient (Wildman–Crippen LogP) is 0.463. The quantitative estimate of drug-likeness (QED) is 0.704. The Kier molecular flexibility index (Phi) is 3.03. The first-order chi connectivity index (χ1) is 6.26. The Hall–Kier alpha value is -1.83. The number of aromatic nitrogens is 2. The van der Waals surface area contributed by atoms with Gasteiger partial charge in [-0.1, -0.05) is 6.92 Å². The van der Waals surface area contributed by atoms with Crippen LogP contribution in [0, 0.1) is 11.3 Å². The number of H-pyrrole nitrogens is 1. The molecule has 13 heavy (non-hydrogen) atoms. The Morgan fingerprint density at radius 2 is 2.54 bits per heavy atom. The highest BCUT2D eigenvalue weighted by molar-refractivity contribution is 5.38. The Morgan fingerprint density at radius 1 is 1.77 bits per heavy atom. The van der Waals surface area contributed by atoms with E-state index in [1.165, 1.54) is 6.07 Å². The molecule has 0 aromatic carbocycles. The lowest BCUT2D eigenvalue weighted by molar-refractivity contribution is 0.953. The normalized spacial score (nSPS) is 9.23. The molecule has 0 spiro atoms. The van der Waals surface area contributed by atoms with Crippen LogP contribution in [0.15, 0.2) is 10.9 Å². The van der Waals surface area contributed by atoms with Crippen molar-refractivity contribution in [2.24, 2.45) is 0 Å². The van der Waals surface area contributed by atoms with Crippen molar-refractivity contribution in [3.05, 3.63) is 22.2 Å². The minimum absolute atomic E-state index is 0.221. The van der Waals surface area contributed by atoms with Crippen LogP contribution in [0.25, 0.3) is 0 Å². The smallest absolute Gasteiger partial charge is 0.347 e. The Labute approximate surface area is 75.4 Å². The van der Waals surface area contributed by atoms with Gasteiger partial charge in [0, 0.05) is 12.6 Å². The highest BCUT2D eigenvalue weighted by Gasteiger charge is 1.97. The van der Waals surface area contributed by atoms with Gasteiger partial charge in [-0.3, -0.25) is 4.98 Å². The molecule has 5 heteroatoms. The van der Waals surface area contributed by atoms with Gasteiger partial charge in [0.15, 0.2) is 0 Å². The summed E-state index contributed by atoms with van der Waals surface area (Å²) in [5.74, 6) is 0.446. The highest BCUT2D eigenvalue weighted by atomic mass is 16.1. The van der Waals surface area contributed by atoms with E-state index >= 15 is 0 Å². The molecule has 0 aliphatic heterocycles. The molecule has 0 unspecified atom stereocenters. The molecule has 0 atom stereocenters. The molecule has 1 rings (SSSR count). The summed E-state index contributed by atoms with van der Waals surface area (Å²) in [6.07, 6.45) is 0.941. The molecule has 1 aromatic heterocycles. The summed E-state index contributed by atoms with van der Waals surface area (Å²) in [5.41, 5.74) is -0.281. The Morgan fingerprint density at radius 3 is 3.15 bits per heavy atom. The first-order valence-electron chi connectivity index (χ1n) is 4.01. The van der Waals surface area contributed by atoms with E-state index in [4.69, 9.17) is 5.26 Å². The van der Waals surface area contributed by atoms with Gasteiger partial charge in [-0.2, -0.15) is 10.2 Å². The first kappa shape index (κ1) is 9.26. The van der Waals surface area contributed by atoms with E-state index in [0.29, 0.717) is 5.82 Å². The second-order valence-corrected chi connectivity index (χ2v) is 2.52. The summed E-state index contributed by atoms with van der Waals surface area (Å²) in [7, 11) is 0. The summed E-state index contributed by atoms with van der Waals surface area (Å²) in [6, 6.07) is 3.36. The minimum Gasteiger partial charge on any atom is -0.370 e. The van der Waals surface area contributed by atoms with E-state index < -0.39 is 5.69 Å². The summed E-state index contributed by atoms with van der Waals surface area (Å²) >= 11 is 0. The Bertz CT molecular complexity index is 376. The van der Waals surface area contributed by atoms with Gasteiger partial charge in [0.05, 0.1) is 0 Å². The van der Waals surface area contributed by atoms with Gasteiger partial charge < -0.3 is 5.32 Å². The third kappa shape index (κ3) is 2.60. The largest absolute Gasteiger partial charge is 0.370 e. The predicted molar refractivity (Wildman–Crippen MR) is 48.4 cm³/mol. The summed E-state index contributed by atoms with van der Waals surface area (Å²) in [4.78, 5) is 16.8. The molecule has 0 saturated carbocycles. The van der Waals surface area contributed by atoms with E-state index in [1.54, 1.807) is 0 Å². The van der Waals surface area contributed by atoms with E-state index in [1.807, 2.05) is 13.0 Å². The second kappa shape index (κ2) is 4.26. The van der Waals surface area contributed by atoms with E-state index in [0.717, 1.165) is 13.0 Å². The first-order valence-corrected chi connectivity index (χ1v) is 4.01. The second-order valence-electron chi connectivity index (χ2n) is 2.52. The van der Waals surface area contributed by atoms with Crippen molar-refractivity contribution < 1.29 is 0 Å². The molecule has 0 fully saturated rings. The lowest BCUT2D eigenvalue weighted by atomic mass is 10.4. The highest BCUT2D eigenvalue weighted by Crippen LogP contribution is 1.99. The van der Waals surface area contributed by atoms with Crippen LogP contribution in [-0.4, -0.2) is 16.5 Å². The average Bonchev–Trinajstić information content (AvgIpc) is 2.14. The molecule has 0 aliphatic rings. The molecule has 1 aromatic rings. The zero-order chi connectivity index (χ0) is 9.68. The zero-order valence-electron chi connectivity index (χ0n) is 7.29. The van der Waals surface area contributed by atoms with Crippen LogP contribution < -0.4 is 11.0 Å². The van der Waals surface area contributed by atoms with Crippen LogP contribution in [0.5, 0.6) is 0 Å². The number of hydrogen-bond acceptors (Lipinski definition) is 4. The SMILES string of the molecule is CCCNc1cc(C#N)[nH]c(=O)n1. The third-order valence-electron chi connectivity index (χ3n) is 1.42. The van der Waals surface area contributed by atoms with E-state index in [9.17, 15) is 4.79 Å². The van der Waals surface area contributed by atoms with Crippen molar-refractivity contribution in [2.45, 2.75) is 13.3 Å². The molecule has 0 amide bonds. The molecule has 0 saturated heterocycles. The molecule has 0 bridgehead atoms. The fourth-order valence-electron chi connectivity index (χ4n) is 0.861. The number of nitriles is 1. The van der Waals surface area contributed by atoms with Crippen LogP contribution in [0.1, 0.15) is 19.0 Å². The van der Waals surface area contributed by atoms with E-state index in [-0.39, 0.29) is 5.69 Å². The van der Waals surface area contributed by atoms with Crippen LogP contribution >= 0.6 is 0 Å². The van der Waals surface area contributed by atoms with Gasteiger partial charge in [-0.15, -0.1) is 0 Å². The molecule has 5 nitrogen and oxygen atoms in total. The van der Waals surface area contributed by atoms with Gasteiger partial charge >= 0.3 is 5.69 Å². The Balaban J connectivity index is 2.90. The van der Waals surface area contributed by atoms with Crippen LogP contribution in [-0.2, 0) is 0 Å². The van der Waals surface area contributed by atoms with Gasteiger partial charge in [0.2, 0.25) is 0 Å². The number of rotatable bonds is 3. The van der Waals surface area contributed by atoms with Crippen molar-refractivity contribution in [3.8, 4) is 6.07 Å². The summed E-state index contributed by atoms with van der Waals surface area (Å²) in [6.45, 7) is 2.74. The summed E-state index contributed by atoms with van der Waals surface area (Å²) < 4.78 is 0.